The van der Waals surface area contributed by atoms with Crippen LogP contribution in [0.15, 0.2) is 47.8 Å². The van der Waals surface area contributed by atoms with Crippen LogP contribution in [0, 0.1) is 6.92 Å². The number of aliphatic hydroxyl groups is 1. The topological polar surface area (TPSA) is 108 Å². The molecule has 0 fully saturated rings. The van der Waals surface area contributed by atoms with Crippen molar-refractivity contribution in [2.45, 2.75) is 33.6 Å². The van der Waals surface area contributed by atoms with Crippen molar-refractivity contribution in [2.24, 2.45) is 5.16 Å². The maximum Gasteiger partial charge on any atom is 0.213 e. The summed E-state index contributed by atoms with van der Waals surface area (Å²) in [5, 5.41) is 24.7. The number of nitrogens with zero attached hydrogens (tertiary/aromatic N) is 6. The standard InChI is InChI=1S/C19H22N6O3/c1-14-3-5-16(6-4-14)12-28-23-15(2)17-7-8-19(20-11-17)27-13-18-21-24-25(22-18)9-10-26/h3-8,11,26H,9-10,12-13H2,1-2H3/b23-15+. The van der Waals surface area contributed by atoms with E-state index in [1.54, 1.807) is 12.3 Å². The average molecular weight is 382 g/mol. The van der Waals surface area contributed by atoms with Crippen LogP contribution in [0.1, 0.15) is 29.4 Å². The van der Waals surface area contributed by atoms with Gasteiger partial charge < -0.3 is 14.7 Å². The van der Waals surface area contributed by atoms with Gasteiger partial charge in [0.05, 0.1) is 18.9 Å². The summed E-state index contributed by atoms with van der Waals surface area (Å²) in [6.45, 7) is 4.71. The van der Waals surface area contributed by atoms with Crippen molar-refractivity contribution in [1.29, 1.82) is 0 Å². The summed E-state index contributed by atoms with van der Waals surface area (Å²) in [4.78, 5) is 11.0. The number of tetrazole rings is 1. The highest BCUT2D eigenvalue weighted by Crippen LogP contribution is 2.11. The third-order valence-corrected chi connectivity index (χ3v) is 3.85. The third-order valence-electron chi connectivity index (χ3n) is 3.85. The summed E-state index contributed by atoms with van der Waals surface area (Å²) in [5.41, 5.74) is 3.83. The van der Waals surface area contributed by atoms with Gasteiger partial charge in [0.15, 0.2) is 6.61 Å². The fourth-order valence-electron chi connectivity index (χ4n) is 2.28. The van der Waals surface area contributed by atoms with Crippen molar-refractivity contribution in [3.05, 3.63) is 65.1 Å². The second-order valence-corrected chi connectivity index (χ2v) is 6.13. The number of aliphatic hydroxyl groups excluding tert-OH is 1. The summed E-state index contributed by atoms with van der Waals surface area (Å²) in [5.74, 6) is 0.859. The Morgan fingerprint density at radius 1 is 1.14 bits per heavy atom. The smallest absolute Gasteiger partial charge is 0.213 e. The maximum absolute atomic E-state index is 8.84. The summed E-state index contributed by atoms with van der Waals surface area (Å²) in [6.07, 6.45) is 1.67. The minimum Gasteiger partial charge on any atom is -0.469 e. The molecule has 146 valence electrons. The lowest BCUT2D eigenvalue weighted by Gasteiger charge is -2.05. The second-order valence-electron chi connectivity index (χ2n) is 6.13. The Balaban J connectivity index is 1.50. The molecule has 9 nitrogen and oxygen atoms in total. The number of rotatable bonds is 9. The van der Waals surface area contributed by atoms with Gasteiger partial charge in [-0.05, 0) is 30.7 Å². The Morgan fingerprint density at radius 2 is 1.96 bits per heavy atom. The highest BCUT2D eigenvalue weighted by Gasteiger charge is 2.05. The maximum atomic E-state index is 8.84. The highest BCUT2D eigenvalue weighted by atomic mass is 16.6. The number of hydrogen-bond donors (Lipinski definition) is 1. The molecule has 0 atom stereocenters. The molecule has 0 aliphatic carbocycles. The van der Waals surface area contributed by atoms with Gasteiger partial charge in [-0.1, -0.05) is 35.0 Å². The van der Waals surface area contributed by atoms with E-state index in [0.717, 1.165) is 16.8 Å². The summed E-state index contributed by atoms with van der Waals surface area (Å²) in [7, 11) is 0. The van der Waals surface area contributed by atoms with Crippen LogP contribution in [0.25, 0.3) is 0 Å². The molecule has 2 aromatic heterocycles. The predicted octanol–water partition coefficient (Wildman–Crippen LogP) is 1.89. The molecule has 0 spiro atoms. The van der Waals surface area contributed by atoms with Crippen molar-refractivity contribution in [2.75, 3.05) is 6.61 Å². The van der Waals surface area contributed by atoms with Gasteiger partial charge in [0.25, 0.3) is 0 Å². The second kappa shape index (κ2) is 9.56. The van der Waals surface area contributed by atoms with Gasteiger partial charge >= 0.3 is 0 Å². The average Bonchev–Trinajstić information content (AvgIpc) is 3.16. The lowest BCUT2D eigenvalue weighted by Crippen LogP contribution is -2.06. The van der Waals surface area contributed by atoms with Crippen LogP contribution < -0.4 is 4.74 Å². The molecule has 3 aromatic rings. The van der Waals surface area contributed by atoms with Crippen LogP contribution in [-0.2, 0) is 24.6 Å². The molecule has 0 amide bonds. The van der Waals surface area contributed by atoms with E-state index in [4.69, 9.17) is 14.7 Å². The Hall–Kier alpha value is -3.33. The van der Waals surface area contributed by atoms with Gasteiger partial charge in [-0.15, -0.1) is 10.2 Å². The van der Waals surface area contributed by atoms with E-state index in [0.29, 0.717) is 24.9 Å². The number of pyridine rings is 1. The zero-order valence-electron chi connectivity index (χ0n) is 15.8. The molecule has 0 radical (unpaired) electrons. The molecule has 0 saturated carbocycles. The Kier molecular flexibility index (Phi) is 6.64. The molecule has 0 bridgehead atoms. The van der Waals surface area contributed by atoms with E-state index in [-0.39, 0.29) is 13.2 Å². The van der Waals surface area contributed by atoms with E-state index < -0.39 is 0 Å². The van der Waals surface area contributed by atoms with Gasteiger partial charge in [-0.25, -0.2) is 4.98 Å². The lowest BCUT2D eigenvalue weighted by atomic mass is 10.2. The van der Waals surface area contributed by atoms with Crippen LogP contribution in [0.5, 0.6) is 5.88 Å². The SMILES string of the molecule is C/C(=N\OCc1ccc(C)cc1)c1ccc(OCc2nnn(CCO)n2)nc1. The number of hydrogen-bond acceptors (Lipinski definition) is 8. The van der Waals surface area contributed by atoms with Gasteiger partial charge in [0, 0.05) is 17.8 Å². The van der Waals surface area contributed by atoms with E-state index in [1.807, 2.05) is 44.2 Å². The molecule has 0 saturated heterocycles. The number of benzene rings is 1. The fourth-order valence-corrected chi connectivity index (χ4v) is 2.28. The van der Waals surface area contributed by atoms with E-state index >= 15 is 0 Å². The zero-order valence-corrected chi connectivity index (χ0v) is 15.8. The molecule has 28 heavy (non-hydrogen) atoms. The highest BCUT2D eigenvalue weighted by molar-refractivity contribution is 5.98. The van der Waals surface area contributed by atoms with Gasteiger partial charge in [0.2, 0.25) is 11.7 Å². The van der Waals surface area contributed by atoms with E-state index in [1.165, 1.54) is 10.4 Å². The van der Waals surface area contributed by atoms with Gasteiger partial charge in [-0.2, -0.15) is 4.80 Å². The van der Waals surface area contributed by atoms with Gasteiger partial charge in [-0.3, -0.25) is 0 Å². The number of aromatic nitrogens is 5. The van der Waals surface area contributed by atoms with Crippen molar-refractivity contribution < 1.29 is 14.7 Å². The van der Waals surface area contributed by atoms with Crippen LogP contribution in [0.4, 0.5) is 0 Å². The van der Waals surface area contributed by atoms with Crippen LogP contribution in [0.2, 0.25) is 0 Å². The molecule has 2 heterocycles. The van der Waals surface area contributed by atoms with Crippen molar-refractivity contribution in [3.63, 3.8) is 0 Å². The van der Waals surface area contributed by atoms with Crippen LogP contribution in [-0.4, -0.2) is 42.6 Å². The van der Waals surface area contributed by atoms with Crippen LogP contribution in [0.3, 0.4) is 0 Å². The lowest BCUT2D eigenvalue weighted by molar-refractivity contribution is 0.130. The zero-order chi connectivity index (χ0) is 19.8. The molecule has 1 N–H and O–H groups in total. The molecular formula is C19H22N6O3. The normalized spacial score (nSPS) is 11.5. The Bertz CT molecular complexity index is 906. The molecule has 9 heteroatoms. The molecule has 0 unspecified atom stereocenters. The van der Waals surface area contributed by atoms with Crippen LogP contribution >= 0.6 is 0 Å². The predicted molar refractivity (Wildman–Crippen MR) is 102 cm³/mol. The summed E-state index contributed by atoms with van der Waals surface area (Å²) >= 11 is 0. The molecule has 1 aromatic carbocycles. The monoisotopic (exact) mass is 382 g/mol. The largest absolute Gasteiger partial charge is 0.469 e. The molecule has 0 aliphatic heterocycles. The third kappa shape index (κ3) is 5.58. The van der Waals surface area contributed by atoms with Crippen molar-refractivity contribution in [3.8, 4) is 5.88 Å². The first-order chi connectivity index (χ1) is 13.6. The van der Waals surface area contributed by atoms with Crippen molar-refractivity contribution in [1.82, 2.24) is 25.2 Å². The number of ether oxygens (including phenoxy) is 1. The summed E-state index contributed by atoms with van der Waals surface area (Å²) < 4.78 is 5.54. The fraction of sp³-hybridized carbons (Fsp3) is 0.316. The molecular weight excluding hydrogens is 360 g/mol. The Morgan fingerprint density at radius 3 is 2.68 bits per heavy atom. The minimum atomic E-state index is -0.0463. The first-order valence-electron chi connectivity index (χ1n) is 8.83. The minimum absolute atomic E-state index is 0.0463. The number of oxime groups is 1. The van der Waals surface area contributed by atoms with Crippen molar-refractivity contribution >= 4 is 5.71 Å². The van der Waals surface area contributed by atoms with E-state index in [2.05, 4.69) is 25.6 Å². The number of aryl methyl sites for hydroxylation is 1. The first-order valence-corrected chi connectivity index (χ1v) is 8.83. The Labute approximate surface area is 162 Å². The summed E-state index contributed by atoms with van der Waals surface area (Å²) in [6, 6.07) is 11.7. The quantitative estimate of drug-likeness (QED) is 0.445. The van der Waals surface area contributed by atoms with E-state index in [9.17, 15) is 0 Å². The molecule has 3 rings (SSSR count). The van der Waals surface area contributed by atoms with Gasteiger partial charge in [0.1, 0.15) is 6.61 Å². The first kappa shape index (κ1) is 19.4. The molecule has 0 aliphatic rings.